The second-order valence-electron chi connectivity index (χ2n) is 7.05. The van der Waals surface area contributed by atoms with Gasteiger partial charge in [-0.05, 0) is 55.6 Å². The molecule has 0 aliphatic carbocycles. The lowest BCUT2D eigenvalue weighted by Crippen LogP contribution is -2.18. The van der Waals surface area contributed by atoms with Gasteiger partial charge in [0.15, 0.2) is 11.5 Å². The van der Waals surface area contributed by atoms with E-state index in [0.29, 0.717) is 0 Å². The fourth-order valence-corrected chi connectivity index (χ4v) is 4.49. The van der Waals surface area contributed by atoms with Crippen LogP contribution in [-0.2, 0) is 13.0 Å². The molecular formula is C21H27N5O2S. The van der Waals surface area contributed by atoms with Crippen LogP contribution < -0.4 is 19.7 Å². The average Bonchev–Trinajstić information content (AvgIpc) is 3.51. The third-order valence-corrected chi connectivity index (χ3v) is 6.15. The molecule has 0 unspecified atom stereocenters. The predicted octanol–water partition coefficient (Wildman–Crippen LogP) is 3.28. The van der Waals surface area contributed by atoms with E-state index in [-0.39, 0.29) is 0 Å². The van der Waals surface area contributed by atoms with E-state index < -0.39 is 0 Å². The Kier molecular flexibility index (Phi) is 6.31. The number of hydrogen-bond donors (Lipinski definition) is 1. The number of benzene rings is 1. The summed E-state index contributed by atoms with van der Waals surface area (Å²) in [7, 11) is 3.32. The van der Waals surface area contributed by atoms with E-state index in [1.807, 2.05) is 12.1 Å². The first-order valence-corrected chi connectivity index (χ1v) is 10.8. The summed E-state index contributed by atoms with van der Waals surface area (Å²) in [6, 6.07) is 10.2. The van der Waals surface area contributed by atoms with Gasteiger partial charge in [0.25, 0.3) is 0 Å². The molecule has 1 N–H and O–H groups in total. The molecule has 0 spiro atoms. The lowest BCUT2D eigenvalue weighted by molar-refractivity contribution is 0.354. The zero-order valence-electron chi connectivity index (χ0n) is 16.9. The summed E-state index contributed by atoms with van der Waals surface area (Å²) in [4.78, 5) is 2.33. The molecule has 7 nitrogen and oxygen atoms in total. The van der Waals surface area contributed by atoms with Gasteiger partial charge in [-0.15, -0.1) is 10.2 Å². The Morgan fingerprint density at radius 2 is 1.83 bits per heavy atom. The van der Waals surface area contributed by atoms with Gasteiger partial charge in [-0.2, -0.15) is 0 Å². The Morgan fingerprint density at radius 1 is 1.03 bits per heavy atom. The van der Waals surface area contributed by atoms with Crippen LogP contribution in [0, 0.1) is 0 Å². The van der Waals surface area contributed by atoms with Crippen LogP contribution in [0.4, 0.5) is 5.13 Å². The van der Waals surface area contributed by atoms with Crippen LogP contribution >= 0.6 is 11.3 Å². The van der Waals surface area contributed by atoms with Crippen LogP contribution in [0.15, 0.2) is 36.5 Å². The molecule has 0 amide bonds. The minimum absolute atomic E-state index is 0.757. The molecule has 0 atom stereocenters. The zero-order chi connectivity index (χ0) is 20.1. The maximum absolute atomic E-state index is 5.38. The quantitative estimate of drug-likeness (QED) is 0.543. The van der Waals surface area contributed by atoms with Crippen molar-refractivity contribution >= 4 is 16.5 Å². The Balaban J connectivity index is 1.33. The number of anilines is 1. The molecule has 1 aliphatic heterocycles. The predicted molar refractivity (Wildman–Crippen MR) is 116 cm³/mol. The van der Waals surface area contributed by atoms with Gasteiger partial charge in [0.2, 0.25) is 10.3 Å². The second kappa shape index (κ2) is 9.28. The van der Waals surface area contributed by atoms with Crippen molar-refractivity contribution in [2.75, 3.05) is 38.8 Å². The highest BCUT2D eigenvalue weighted by molar-refractivity contribution is 7.17. The molecule has 3 aromatic rings. The average molecular weight is 414 g/mol. The van der Waals surface area contributed by atoms with Gasteiger partial charge in [-0.1, -0.05) is 17.4 Å². The summed E-state index contributed by atoms with van der Waals surface area (Å²) in [5.74, 6) is 1.52. The summed E-state index contributed by atoms with van der Waals surface area (Å²) in [5, 5.41) is 14.3. The van der Waals surface area contributed by atoms with Gasteiger partial charge < -0.3 is 19.7 Å². The highest BCUT2D eigenvalue weighted by atomic mass is 32.1. The largest absolute Gasteiger partial charge is 0.493 e. The normalized spacial score (nSPS) is 13.8. The Labute approximate surface area is 175 Å². The topological polar surface area (TPSA) is 64.4 Å². The number of methoxy groups -OCH3 is 2. The number of nitrogens with zero attached hydrogens (tertiary/aromatic N) is 4. The van der Waals surface area contributed by atoms with Crippen molar-refractivity contribution in [1.82, 2.24) is 20.1 Å². The van der Waals surface area contributed by atoms with E-state index >= 15 is 0 Å². The fraction of sp³-hybridized carbons (Fsp3) is 0.429. The molecule has 29 heavy (non-hydrogen) atoms. The minimum Gasteiger partial charge on any atom is -0.493 e. The summed E-state index contributed by atoms with van der Waals surface area (Å²) in [6.07, 6.45) is 5.46. The van der Waals surface area contributed by atoms with E-state index in [0.717, 1.165) is 54.4 Å². The molecule has 0 bridgehead atoms. The van der Waals surface area contributed by atoms with Crippen molar-refractivity contribution < 1.29 is 9.47 Å². The highest BCUT2D eigenvalue weighted by Gasteiger charge is 2.18. The molecule has 3 heterocycles. The van der Waals surface area contributed by atoms with Gasteiger partial charge in [-0.3, -0.25) is 4.57 Å². The molecule has 1 aliphatic rings. The summed E-state index contributed by atoms with van der Waals surface area (Å²) in [5.41, 5.74) is 2.39. The van der Waals surface area contributed by atoms with Crippen LogP contribution in [0.25, 0.3) is 5.13 Å². The van der Waals surface area contributed by atoms with Crippen LogP contribution in [0.2, 0.25) is 0 Å². The third kappa shape index (κ3) is 4.54. The van der Waals surface area contributed by atoms with Gasteiger partial charge in [0.1, 0.15) is 0 Å². The van der Waals surface area contributed by atoms with Crippen LogP contribution in [-0.4, -0.2) is 48.6 Å². The molecule has 1 aromatic carbocycles. The van der Waals surface area contributed by atoms with Gasteiger partial charge >= 0.3 is 0 Å². The number of hydrogen-bond acceptors (Lipinski definition) is 7. The maximum atomic E-state index is 5.38. The second-order valence-corrected chi connectivity index (χ2v) is 7.98. The van der Waals surface area contributed by atoms with Crippen molar-refractivity contribution in [3.8, 4) is 16.6 Å². The molecular weight excluding hydrogens is 386 g/mol. The van der Waals surface area contributed by atoms with Crippen LogP contribution in [0.3, 0.4) is 0 Å². The summed E-state index contributed by atoms with van der Waals surface area (Å²) >= 11 is 1.66. The fourth-order valence-electron chi connectivity index (χ4n) is 3.57. The molecule has 2 aromatic heterocycles. The molecule has 0 radical (unpaired) electrons. The number of aromatic nitrogens is 3. The van der Waals surface area contributed by atoms with Crippen LogP contribution in [0.5, 0.6) is 11.5 Å². The van der Waals surface area contributed by atoms with Gasteiger partial charge in [0.05, 0.1) is 14.2 Å². The number of nitrogens with one attached hydrogen (secondary N) is 1. The Bertz CT molecular complexity index is 933. The van der Waals surface area contributed by atoms with Crippen molar-refractivity contribution in [2.24, 2.45) is 0 Å². The molecule has 8 heteroatoms. The van der Waals surface area contributed by atoms with Crippen molar-refractivity contribution in [3.63, 3.8) is 0 Å². The molecule has 4 rings (SSSR count). The number of rotatable bonds is 9. The van der Waals surface area contributed by atoms with E-state index in [1.54, 1.807) is 25.6 Å². The third-order valence-electron chi connectivity index (χ3n) is 5.16. The SMILES string of the molecule is COc1ccc(CCNCc2cccn2-c2nnc(N3CCCC3)s2)cc1OC. The standard InChI is InChI=1S/C21H27N5O2S/c1-27-18-8-7-16(14-19(18)28-2)9-10-22-15-17-6-5-13-26(17)21-24-23-20(29-21)25-11-3-4-12-25/h5-8,13-14,22H,3-4,9-12,15H2,1-2H3. The van der Waals surface area contributed by atoms with E-state index in [9.17, 15) is 0 Å². The van der Waals surface area contributed by atoms with Gasteiger partial charge in [-0.25, -0.2) is 0 Å². The van der Waals surface area contributed by atoms with Crippen molar-refractivity contribution in [3.05, 3.63) is 47.8 Å². The van der Waals surface area contributed by atoms with E-state index in [1.165, 1.54) is 24.1 Å². The first-order valence-electron chi connectivity index (χ1n) is 9.95. The first kappa shape index (κ1) is 19.7. The van der Waals surface area contributed by atoms with Crippen molar-refractivity contribution in [2.45, 2.75) is 25.8 Å². The highest BCUT2D eigenvalue weighted by Crippen LogP contribution is 2.28. The summed E-state index contributed by atoms with van der Waals surface area (Å²) < 4.78 is 12.8. The van der Waals surface area contributed by atoms with Crippen molar-refractivity contribution in [1.29, 1.82) is 0 Å². The molecule has 154 valence electrons. The Morgan fingerprint density at radius 3 is 2.62 bits per heavy atom. The summed E-state index contributed by atoms with van der Waals surface area (Å²) in [6.45, 7) is 3.82. The molecule has 1 saturated heterocycles. The van der Waals surface area contributed by atoms with E-state index in [2.05, 4.69) is 49.4 Å². The lowest BCUT2D eigenvalue weighted by Gasteiger charge is -2.11. The lowest BCUT2D eigenvalue weighted by atomic mass is 10.1. The Hall–Kier alpha value is -2.58. The molecule has 0 saturated carbocycles. The smallest absolute Gasteiger partial charge is 0.218 e. The van der Waals surface area contributed by atoms with E-state index in [4.69, 9.17) is 9.47 Å². The maximum Gasteiger partial charge on any atom is 0.218 e. The van der Waals surface area contributed by atoms with Crippen LogP contribution in [0.1, 0.15) is 24.1 Å². The number of ether oxygens (including phenoxy) is 2. The first-order chi connectivity index (χ1) is 14.3. The minimum atomic E-state index is 0.757. The zero-order valence-corrected chi connectivity index (χ0v) is 17.7. The van der Waals surface area contributed by atoms with Gasteiger partial charge in [0, 0.05) is 31.5 Å². The monoisotopic (exact) mass is 413 g/mol. The molecule has 1 fully saturated rings.